The molecule has 1 aliphatic rings. The Kier molecular flexibility index (Phi) is 1.97. The van der Waals surface area contributed by atoms with E-state index in [4.69, 9.17) is 0 Å². The van der Waals surface area contributed by atoms with Gasteiger partial charge < -0.3 is 4.74 Å². The highest BCUT2D eigenvalue weighted by Gasteiger charge is 2.22. The number of carbonyl (C=O) groups excluding carboxylic acids is 1. The smallest absolute Gasteiger partial charge is 0.434 e. The zero-order valence-corrected chi connectivity index (χ0v) is 5.34. The number of cyclic esters (lactones) is 1. The van der Waals surface area contributed by atoms with Crippen LogP contribution >= 0.6 is 8.69 Å². The van der Waals surface area contributed by atoms with E-state index in [0.29, 0.717) is 13.2 Å². The topological polar surface area (TPSA) is 55.8 Å². The van der Waals surface area contributed by atoms with E-state index in [1.165, 1.54) is 0 Å². The van der Waals surface area contributed by atoms with E-state index >= 15 is 0 Å². The molecule has 0 spiro atoms. The van der Waals surface area contributed by atoms with E-state index < -0.39 is 14.8 Å². The number of nitrogens with zero attached hydrogens (tertiary/aromatic N) is 1. The van der Waals surface area contributed by atoms with E-state index in [0.717, 1.165) is 5.06 Å². The summed E-state index contributed by atoms with van der Waals surface area (Å²) in [6, 6.07) is 0. The minimum atomic E-state index is -0.585. The largest absolute Gasteiger partial charge is 0.446 e. The molecule has 0 saturated carbocycles. The van der Waals surface area contributed by atoms with Gasteiger partial charge in [-0.2, -0.15) is 9.69 Å². The van der Waals surface area contributed by atoms with Crippen molar-refractivity contribution < 1.29 is 18.7 Å². The molecule has 0 aliphatic carbocycles. The van der Waals surface area contributed by atoms with Gasteiger partial charge in [0.05, 0.1) is 6.54 Å². The molecule has 0 unspecified atom stereocenters. The van der Waals surface area contributed by atoms with Crippen molar-refractivity contribution in [1.29, 1.82) is 0 Å². The molecule has 50 valence electrons. The second kappa shape index (κ2) is 2.75. The van der Waals surface area contributed by atoms with Crippen molar-refractivity contribution in [2.45, 2.75) is 0 Å². The fraction of sp³-hybridized carbons (Fsp3) is 0.667. The summed E-state index contributed by atoms with van der Waals surface area (Å²) in [5, 5.41) is 0.897. The highest BCUT2D eigenvalue weighted by molar-refractivity contribution is 7.17. The van der Waals surface area contributed by atoms with Crippen molar-refractivity contribution in [2.24, 2.45) is 0 Å². The highest BCUT2D eigenvalue weighted by atomic mass is 31.1. The summed E-state index contributed by atoms with van der Waals surface area (Å²) in [5.41, 5.74) is 0. The second-order valence-electron chi connectivity index (χ2n) is 1.37. The fourth-order valence-electron chi connectivity index (χ4n) is 0.494. The monoisotopic (exact) mass is 149 g/mol. The zero-order chi connectivity index (χ0) is 6.69. The minimum Gasteiger partial charge on any atom is -0.446 e. The van der Waals surface area contributed by atoms with Gasteiger partial charge in [0.2, 0.25) is 0 Å². The van der Waals surface area contributed by atoms with E-state index in [2.05, 4.69) is 9.36 Å². The number of rotatable bonds is 2. The van der Waals surface area contributed by atoms with Gasteiger partial charge in [-0.1, -0.05) is 0 Å². The highest BCUT2D eigenvalue weighted by Crippen LogP contribution is 2.08. The predicted octanol–water partition coefficient (Wildman–Crippen LogP) is 0.577. The number of hydroxylamine groups is 2. The van der Waals surface area contributed by atoms with Crippen LogP contribution in [0.15, 0.2) is 0 Å². The summed E-state index contributed by atoms with van der Waals surface area (Å²) in [4.78, 5) is 10.4. The Balaban J connectivity index is 2.39. The van der Waals surface area contributed by atoms with Crippen LogP contribution in [0.1, 0.15) is 0 Å². The Bertz CT molecular complexity index is 138. The van der Waals surface area contributed by atoms with Gasteiger partial charge in [0.25, 0.3) is 0 Å². The van der Waals surface area contributed by atoms with Crippen LogP contribution in [0, 0.1) is 0 Å². The first-order valence-corrected chi connectivity index (χ1v) is 3.01. The Labute approximate surface area is 52.8 Å². The maximum atomic E-state index is 10.4. The van der Waals surface area contributed by atoms with Gasteiger partial charge in [0, 0.05) is 0 Å². The van der Waals surface area contributed by atoms with Gasteiger partial charge in [-0.05, 0) is 0 Å². The fourth-order valence-corrected chi connectivity index (χ4v) is 0.722. The van der Waals surface area contributed by atoms with Gasteiger partial charge >= 0.3 is 14.8 Å². The summed E-state index contributed by atoms with van der Waals surface area (Å²) in [5.74, 6) is 0. The Morgan fingerprint density at radius 2 is 2.56 bits per heavy atom. The summed E-state index contributed by atoms with van der Waals surface area (Å²) in [6.45, 7) is 0.641. The minimum absolute atomic E-state index is 0.300. The molecule has 6 heteroatoms. The molecule has 5 nitrogen and oxygen atoms in total. The number of hydrogen-bond acceptors (Lipinski definition) is 4. The van der Waals surface area contributed by atoms with Crippen LogP contribution < -0.4 is 0 Å². The van der Waals surface area contributed by atoms with Crippen molar-refractivity contribution in [2.75, 3.05) is 13.2 Å². The average molecular weight is 149 g/mol. The number of ether oxygens (including phenoxy) is 1. The summed E-state index contributed by atoms with van der Waals surface area (Å²) < 4.78 is 18.5. The Morgan fingerprint density at radius 3 is 3.00 bits per heavy atom. The van der Waals surface area contributed by atoms with Crippen molar-refractivity contribution in [3.63, 3.8) is 0 Å². The first kappa shape index (κ1) is 6.45. The molecule has 9 heavy (non-hydrogen) atoms. The summed E-state index contributed by atoms with van der Waals surface area (Å²) >= 11 is 0. The number of carbonyl (C=O) groups is 1. The molecule has 0 bridgehead atoms. The quantitative estimate of drug-likeness (QED) is 0.538. The van der Waals surface area contributed by atoms with Gasteiger partial charge in [-0.25, -0.2) is 9.36 Å². The Hall–Kier alpha value is -0.670. The summed E-state index contributed by atoms with van der Waals surface area (Å²) in [6.07, 6.45) is -0.585. The second-order valence-corrected chi connectivity index (χ2v) is 1.69. The molecular formula is C3H4NO4P. The lowest BCUT2D eigenvalue weighted by Crippen LogP contribution is -2.20. The Morgan fingerprint density at radius 1 is 1.78 bits per heavy atom. The van der Waals surface area contributed by atoms with Gasteiger partial charge in [0.15, 0.2) is 0 Å². The third kappa shape index (κ3) is 1.37. The van der Waals surface area contributed by atoms with Crippen LogP contribution in [0.25, 0.3) is 0 Å². The van der Waals surface area contributed by atoms with Crippen LogP contribution in [0.4, 0.5) is 4.79 Å². The molecule has 1 heterocycles. The predicted molar refractivity (Wildman–Crippen MR) is 26.7 cm³/mol. The third-order valence-corrected chi connectivity index (χ3v) is 1.12. The normalized spacial score (nSPS) is 18.7. The molecule has 1 fully saturated rings. The summed E-state index contributed by atoms with van der Waals surface area (Å²) in [7, 11) is -0.535. The maximum Gasteiger partial charge on any atom is 0.434 e. The zero-order valence-electron chi connectivity index (χ0n) is 4.44. The van der Waals surface area contributed by atoms with E-state index in [9.17, 15) is 9.36 Å². The van der Waals surface area contributed by atoms with E-state index in [1.54, 1.807) is 0 Å². The molecule has 0 aromatic heterocycles. The van der Waals surface area contributed by atoms with Crippen LogP contribution in [-0.4, -0.2) is 24.3 Å². The van der Waals surface area contributed by atoms with Crippen molar-refractivity contribution >= 4 is 14.8 Å². The molecule has 0 N–H and O–H groups in total. The lowest BCUT2D eigenvalue weighted by atomic mass is 10.7. The van der Waals surface area contributed by atoms with Crippen LogP contribution in [0.2, 0.25) is 0 Å². The van der Waals surface area contributed by atoms with Crippen molar-refractivity contribution in [1.82, 2.24) is 5.06 Å². The van der Waals surface area contributed by atoms with Crippen LogP contribution in [0.3, 0.4) is 0 Å². The average Bonchev–Trinajstić information content (AvgIpc) is 2.18. The van der Waals surface area contributed by atoms with Crippen molar-refractivity contribution in [3.8, 4) is 0 Å². The van der Waals surface area contributed by atoms with E-state index in [-0.39, 0.29) is 0 Å². The van der Waals surface area contributed by atoms with E-state index in [1.807, 2.05) is 0 Å². The number of amides is 1. The third-order valence-electron chi connectivity index (χ3n) is 0.855. The molecule has 0 atom stereocenters. The molecule has 1 amide bonds. The molecule has 1 rings (SSSR count). The number of hydrogen-bond donors (Lipinski definition) is 0. The molecular weight excluding hydrogens is 145 g/mol. The van der Waals surface area contributed by atoms with Crippen LogP contribution in [-0.2, 0) is 13.9 Å². The first-order valence-electron chi connectivity index (χ1n) is 2.28. The lowest BCUT2D eigenvalue weighted by molar-refractivity contribution is 0.0120. The molecule has 1 aliphatic heterocycles. The SMILES string of the molecule is O=PON1CCOC1=O. The standard InChI is InChI=1S/C3H4NO4P/c5-3-4(8-9-6)1-2-7-3/h1-2H2. The molecule has 0 radical (unpaired) electrons. The molecule has 1 saturated heterocycles. The maximum absolute atomic E-state index is 10.4. The van der Waals surface area contributed by atoms with Crippen molar-refractivity contribution in [3.05, 3.63) is 0 Å². The first-order chi connectivity index (χ1) is 4.34. The van der Waals surface area contributed by atoms with Crippen LogP contribution in [0.5, 0.6) is 0 Å². The van der Waals surface area contributed by atoms with Gasteiger partial charge in [0.1, 0.15) is 6.61 Å². The molecule has 0 aromatic rings. The van der Waals surface area contributed by atoms with Gasteiger partial charge in [-0.3, -0.25) is 0 Å². The molecule has 0 aromatic carbocycles. The lowest BCUT2D eigenvalue weighted by Gasteiger charge is -2.02. The van der Waals surface area contributed by atoms with Gasteiger partial charge in [-0.15, -0.1) is 0 Å².